The van der Waals surface area contributed by atoms with Crippen LogP contribution in [0.1, 0.15) is 25.1 Å². The maximum Gasteiger partial charge on any atom is 0.155 e. The Labute approximate surface area is 139 Å². The molecule has 5 heteroatoms. The number of aryl methyl sites for hydroxylation is 2. The fraction of sp³-hybridized carbons (Fsp3) is 0.250. The zero-order valence-corrected chi connectivity index (χ0v) is 14.8. The molecule has 1 aromatic carbocycles. The molecule has 2 aromatic rings. The molecule has 0 radical (unpaired) electrons. The third kappa shape index (κ3) is 7.05. The van der Waals surface area contributed by atoms with Crippen LogP contribution < -0.4 is 0 Å². The minimum atomic E-state index is -0.125. The molecule has 116 valence electrons. The molecule has 0 saturated heterocycles. The van der Waals surface area contributed by atoms with Gasteiger partial charge in [-0.25, -0.2) is 0 Å². The standard InChI is InChI=1S/C11H11N2.C5H8O2.Pt/c1-9-8-13(12-10(9)2)11-6-4-3-5-7-11;1-4(6)3-5(2)7;/h3-6,8H,1-2H3;3,6H,1-2H3;/q-1;;/b;4-3-;. The quantitative estimate of drug-likeness (QED) is 0.420. The molecule has 0 aliphatic rings. The van der Waals surface area contributed by atoms with E-state index in [4.69, 9.17) is 5.11 Å². The second-order valence-corrected chi connectivity index (χ2v) is 4.49. The SMILES string of the molecule is CC(=O)/C=C(/C)O.Cc1cn(-c2[c-]cccc2)nc1C.[Pt]. The number of aromatic nitrogens is 2. The second-order valence-electron chi connectivity index (χ2n) is 4.49. The van der Waals surface area contributed by atoms with E-state index in [1.54, 1.807) is 0 Å². The number of benzene rings is 1. The summed E-state index contributed by atoms with van der Waals surface area (Å²) in [6.07, 6.45) is 3.18. The Morgan fingerprint density at radius 3 is 2.33 bits per heavy atom. The first-order valence-corrected chi connectivity index (χ1v) is 6.28. The number of rotatable bonds is 2. The number of para-hydroxylation sites is 1. The summed E-state index contributed by atoms with van der Waals surface area (Å²) in [6.45, 7) is 6.91. The smallest absolute Gasteiger partial charge is 0.155 e. The van der Waals surface area contributed by atoms with Gasteiger partial charge in [-0.05, 0) is 38.9 Å². The van der Waals surface area contributed by atoms with Gasteiger partial charge in [-0.3, -0.25) is 9.48 Å². The maximum absolute atomic E-state index is 10.0. The van der Waals surface area contributed by atoms with Crippen molar-refractivity contribution in [3.63, 3.8) is 0 Å². The Morgan fingerprint density at radius 1 is 1.33 bits per heavy atom. The molecule has 0 bridgehead atoms. The molecule has 0 spiro atoms. The van der Waals surface area contributed by atoms with Crippen LogP contribution in [0.4, 0.5) is 0 Å². The number of nitrogens with zero attached hydrogens (tertiary/aromatic N) is 2. The van der Waals surface area contributed by atoms with Crippen molar-refractivity contribution in [2.24, 2.45) is 0 Å². The maximum atomic E-state index is 10.0. The van der Waals surface area contributed by atoms with Crippen molar-refractivity contribution >= 4 is 5.78 Å². The van der Waals surface area contributed by atoms with E-state index < -0.39 is 0 Å². The number of aliphatic hydroxyl groups excluding tert-OH is 1. The van der Waals surface area contributed by atoms with Crippen LogP contribution in [-0.4, -0.2) is 20.7 Å². The number of hydrogen-bond donors (Lipinski definition) is 1. The zero-order chi connectivity index (χ0) is 15.1. The predicted molar refractivity (Wildman–Crippen MR) is 78.9 cm³/mol. The van der Waals surface area contributed by atoms with Gasteiger partial charge < -0.3 is 5.11 Å². The fourth-order valence-electron chi connectivity index (χ4n) is 1.49. The van der Waals surface area contributed by atoms with Crippen molar-refractivity contribution in [1.29, 1.82) is 0 Å². The van der Waals surface area contributed by atoms with Crippen LogP contribution in [0.25, 0.3) is 5.69 Å². The van der Waals surface area contributed by atoms with E-state index in [0.717, 1.165) is 11.4 Å². The van der Waals surface area contributed by atoms with Gasteiger partial charge in [0.15, 0.2) is 5.78 Å². The molecule has 1 N–H and O–H groups in total. The molecule has 0 unspecified atom stereocenters. The molecule has 0 aliphatic heterocycles. The molecule has 0 aliphatic carbocycles. The molecule has 0 atom stereocenters. The van der Waals surface area contributed by atoms with Crippen LogP contribution in [-0.2, 0) is 25.9 Å². The van der Waals surface area contributed by atoms with E-state index in [9.17, 15) is 4.79 Å². The van der Waals surface area contributed by atoms with Crippen LogP contribution >= 0.6 is 0 Å². The summed E-state index contributed by atoms with van der Waals surface area (Å²) in [7, 11) is 0. The second kappa shape index (κ2) is 9.30. The van der Waals surface area contributed by atoms with Gasteiger partial charge in [-0.1, -0.05) is 0 Å². The summed E-state index contributed by atoms with van der Waals surface area (Å²) in [6, 6.07) is 10.9. The van der Waals surface area contributed by atoms with Gasteiger partial charge in [0, 0.05) is 33.3 Å². The summed E-state index contributed by atoms with van der Waals surface area (Å²) in [5.74, 6) is -0.0625. The van der Waals surface area contributed by atoms with E-state index in [-0.39, 0.29) is 32.6 Å². The Kier molecular flexibility index (Phi) is 8.56. The molecule has 0 fully saturated rings. The summed E-state index contributed by atoms with van der Waals surface area (Å²) in [5, 5.41) is 12.7. The molecular formula is C16H19N2O2Pt-. The average molecular weight is 466 g/mol. The van der Waals surface area contributed by atoms with Crippen molar-refractivity contribution in [1.82, 2.24) is 9.78 Å². The Hall–Kier alpha value is -1.67. The number of carbonyl (C=O) groups is 1. The first kappa shape index (κ1) is 19.3. The van der Waals surface area contributed by atoms with Gasteiger partial charge >= 0.3 is 0 Å². The van der Waals surface area contributed by atoms with Crippen molar-refractivity contribution in [3.8, 4) is 5.69 Å². The largest absolute Gasteiger partial charge is 0.512 e. The van der Waals surface area contributed by atoms with Gasteiger partial charge in [0.2, 0.25) is 0 Å². The van der Waals surface area contributed by atoms with Crippen LogP contribution in [0.5, 0.6) is 0 Å². The van der Waals surface area contributed by atoms with E-state index in [1.165, 1.54) is 25.5 Å². The third-order valence-electron chi connectivity index (χ3n) is 2.50. The zero-order valence-electron chi connectivity index (χ0n) is 12.5. The topological polar surface area (TPSA) is 55.1 Å². The Morgan fingerprint density at radius 2 is 2.00 bits per heavy atom. The normalized spacial score (nSPS) is 10.2. The Balaban J connectivity index is 0.000000436. The fourth-order valence-corrected chi connectivity index (χ4v) is 1.49. The van der Waals surface area contributed by atoms with Crippen molar-refractivity contribution < 1.29 is 31.0 Å². The average Bonchev–Trinajstić information content (AvgIpc) is 2.70. The summed E-state index contributed by atoms with van der Waals surface area (Å²) < 4.78 is 1.85. The van der Waals surface area contributed by atoms with Crippen LogP contribution in [0.15, 0.2) is 42.3 Å². The predicted octanol–water partition coefficient (Wildman–Crippen LogP) is 3.32. The minimum Gasteiger partial charge on any atom is -0.512 e. The molecule has 2 rings (SSSR count). The molecule has 0 saturated carbocycles. The van der Waals surface area contributed by atoms with Crippen molar-refractivity contribution in [2.75, 3.05) is 0 Å². The molecular weight excluding hydrogens is 447 g/mol. The first-order chi connectivity index (χ1) is 9.40. The molecule has 1 aromatic heterocycles. The first-order valence-electron chi connectivity index (χ1n) is 6.28. The summed E-state index contributed by atoms with van der Waals surface area (Å²) in [5.41, 5.74) is 3.26. The van der Waals surface area contributed by atoms with E-state index >= 15 is 0 Å². The van der Waals surface area contributed by atoms with Crippen molar-refractivity contribution in [3.05, 3.63) is 59.6 Å². The number of aliphatic hydroxyl groups is 1. The van der Waals surface area contributed by atoms with Crippen molar-refractivity contribution in [2.45, 2.75) is 27.7 Å². The van der Waals surface area contributed by atoms with E-state index in [2.05, 4.69) is 18.1 Å². The van der Waals surface area contributed by atoms with Gasteiger partial charge in [-0.15, -0.1) is 6.07 Å². The summed E-state index contributed by atoms with van der Waals surface area (Å²) in [4.78, 5) is 10.0. The molecule has 1 heterocycles. The number of allylic oxidation sites excluding steroid dienone is 2. The van der Waals surface area contributed by atoms with Gasteiger partial charge in [0.05, 0.1) is 11.5 Å². The molecule has 21 heavy (non-hydrogen) atoms. The minimum absolute atomic E-state index is 0. The van der Waals surface area contributed by atoms with Crippen LogP contribution in [0.2, 0.25) is 0 Å². The van der Waals surface area contributed by atoms with Crippen LogP contribution in [0.3, 0.4) is 0 Å². The van der Waals surface area contributed by atoms with Gasteiger partial charge in [0.1, 0.15) is 0 Å². The monoisotopic (exact) mass is 466 g/mol. The third-order valence-corrected chi connectivity index (χ3v) is 2.50. The molecule has 0 amide bonds. The Bertz CT molecular complexity index is 580. The van der Waals surface area contributed by atoms with E-state index in [1.807, 2.05) is 42.1 Å². The van der Waals surface area contributed by atoms with Gasteiger partial charge in [0.25, 0.3) is 0 Å². The number of carbonyl (C=O) groups excluding carboxylic acids is 1. The van der Waals surface area contributed by atoms with Crippen LogP contribution in [0, 0.1) is 19.9 Å². The molecule has 4 nitrogen and oxygen atoms in total. The summed E-state index contributed by atoms with van der Waals surface area (Å²) >= 11 is 0. The van der Waals surface area contributed by atoms with Gasteiger partial charge in [-0.2, -0.15) is 29.4 Å². The number of ketones is 1. The van der Waals surface area contributed by atoms with E-state index in [0.29, 0.717) is 0 Å². The number of hydrogen-bond acceptors (Lipinski definition) is 3.